The number of ether oxygens (including phenoxy) is 1. The first-order valence-electron chi connectivity index (χ1n) is 3.52. The van der Waals surface area contributed by atoms with E-state index in [9.17, 15) is 4.79 Å². The van der Waals surface area contributed by atoms with E-state index in [1.165, 1.54) is 0 Å². The van der Waals surface area contributed by atoms with Gasteiger partial charge in [0.25, 0.3) is 0 Å². The highest BCUT2D eigenvalue weighted by atomic mass is 35.5. The van der Waals surface area contributed by atoms with E-state index in [1.54, 1.807) is 0 Å². The molecular formula is C7H8Cl4O2. The molecule has 1 unspecified atom stereocenters. The summed E-state index contributed by atoms with van der Waals surface area (Å²) in [6.07, 6.45) is 0.714. The van der Waals surface area contributed by atoms with Gasteiger partial charge in [-0.15, -0.1) is 11.6 Å². The van der Waals surface area contributed by atoms with Crippen LogP contribution in [0.25, 0.3) is 0 Å². The molecule has 76 valence electrons. The summed E-state index contributed by atoms with van der Waals surface area (Å²) in [6, 6.07) is 0. The molecule has 6 heteroatoms. The predicted octanol–water partition coefficient (Wildman–Crippen LogP) is 3.43. The van der Waals surface area contributed by atoms with Crippen molar-refractivity contribution in [3.8, 4) is 0 Å². The van der Waals surface area contributed by atoms with Gasteiger partial charge >= 0.3 is 5.97 Å². The smallest absolute Gasteiger partial charge is 0.329 e. The number of hydrogen-bond donors (Lipinski definition) is 0. The molecular weight excluding hydrogens is 258 g/mol. The lowest BCUT2D eigenvalue weighted by Crippen LogP contribution is -2.18. The third kappa shape index (κ3) is 4.96. The number of carbonyl (C=O) groups excluding carboxylic acids is 1. The Morgan fingerprint density at radius 1 is 1.38 bits per heavy atom. The van der Waals surface area contributed by atoms with Crippen LogP contribution in [0.2, 0.25) is 0 Å². The molecule has 0 saturated heterocycles. The van der Waals surface area contributed by atoms with Gasteiger partial charge in [-0.25, -0.2) is 0 Å². The van der Waals surface area contributed by atoms with E-state index in [1.807, 2.05) is 6.92 Å². The number of hydrogen-bond acceptors (Lipinski definition) is 2. The first kappa shape index (κ1) is 13.4. The van der Waals surface area contributed by atoms with E-state index in [4.69, 9.17) is 51.1 Å². The topological polar surface area (TPSA) is 26.3 Å². The highest BCUT2D eigenvalue weighted by molar-refractivity contribution is 6.61. The van der Waals surface area contributed by atoms with Crippen molar-refractivity contribution in [3.05, 3.63) is 9.52 Å². The van der Waals surface area contributed by atoms with Crippen molar-refractivity contribution >= 4 is 52.4 Å². The fraction of sp³-hybridized carbons (Fsp3) is 0.571. The number of alkyl halides is 1. The Morgan fingerprint density at radius 2 is 1.92 bits per heavy atom. The monoisotopic (exact) mass is 264 g/mol. The van der Waals surface area contributed by atoms with Crippen LogP contribution >= 0.6 is 46.4 Å². The van der Waals surface area contributed by atoms with Gasteiger partial charge in [0.05, 0.1) is 11.6 Å². The van der Waals surface area contributed by atoms with Crippen molar-refractivity contribution in [1.82, 2.24) is 0 Å². The SMILES string of the molecule is CCCOC(=O)C(Cl)C(Cl)=C(Cl)Cl. The fourth-order valence-electron chi connectivity index (χ4n) is 0.475. The van der Waals surface area contributed by atoms with Gasteiger partial charge in [-0.05, 0) is 6.42 Å². The summed E-state index contributed by atoms with van der Waals surface area (Å²) in [7, 11) is 0. The van der Waals surface area contributed by atoms with Crippen molar-refractivity contribution in [1.29, 1.82) is 0 Å². The average molecular weight is 266 g/mol. The molecule has 0 radical (unpaired) electrons. The van der Waals surface area contributed by atoms with E-state index in [0.717, 1.165) is 0 Å². The molecule has 0 amide bonds. The number of carbonyl (C=O) groups is 1. The molecule has 0 rings (SSSR count). The quantitative estimate of drug-likeness (QED) is 0.575. The van der Waals surface area contributed by atoms with Crippen LogP contribution in [0.1, 0.15) is 13.3 Å². The zero-order chi connectivity index (χ0) is 10.4. The van der Waals surface area contributed by atoms with Crippen LogP contribution in [-0.4, -0.2) is 18.0 Å². The second-order valence-electron chi connectivity index (χ2n) is 2.14. The highest BCUT2D eigenvalue weighted by Crippen LogP contribution is 2.25. The first-order valence-corrected chi connectivity index (χ1v) is 5.09. The van der Waals surface area contributed by atoms with Crippen LogP contribution in [0.4, 0.5) is 0 Å². The third-order valence-electron chi connectivity index (χ3n) is 1.06. The number of halogens is 4. The summed E-state index contributed by atoms with van der Waals surface area (Å²) in [5.74, 6) is -0.646. The van der Waals surface area contributed by atoms with Gasteiger partial charge in [0.1, 0.15) is 4.49 Å². The lowest BCUT2D eigenvalue weighted by atomic mass is 10.4. The normalized spacial score (nSPS) is 12.1. The summed E-state index contributed by atoms with van der Waals surface area (Å²) < 4.78 is 4.49. The molecule has 0 fully saturated rings. The predicted molar refractivity (Wildman–Crippen MR) is 55.5 cm³/mol. The third-order valence-corrected chi connectivity index (χ3v) is 2.57. The zero-order valence-corrected chi connectivity index (χ0v) is 9.84. The molecule has 0 aromatic rings. The van der Waals surface area contributed by atoms with Crippen molar-refractivity contribution in [2.24, 2.45) is 0 Å². The second kappa shape index (κ2) is 6.77. The Labute approximate surface area is 96.7 Å². The maximum Gasteiger partial charge on any atom is 0.329 e. The molecule has 0 heterocycles. The standard InChI is InChI=1S/C7H8Cl4O2/c1-2-3-13-7(12)5(9)4(8)6(10)11/h5H,2-3H2,1H3. The minimum atomic E-state index is -1.13. The van der Waals surface area contributed by atoms with Crippen LogP contribution in [0.3, 0.4) is 0 Å². The van der Waals surface area contributed by atoms with Crippen LogP contribution in [0.5, 0.6) is 0 Å². The largest absolute Gasteiger partial charge is 0.464 e. The van der Waals surface area contributed by atoms with Gasteiger partial charge in [-0.1, -0.05) is 41.7 Å². The highest BCUT2D eigenvalue weighted by Gasteiger charge is 2.22. The molecule has 2 nitrogen and oxygen atoms in total. The van der Waals surface area contributed by atoms with Crippen molar-refractivity contribution < 1.29 is 9.53 Å². The molecule has 0 aliphatic carbocycles. The Kier molecular flexibility index (Phi) is 6.96. The van der Waals surface area contributed by atoms with Crippen molar-refractivity contribution in [2.45, 2.75) is 18.7 Å². The lowest BCUT2D eigenvalue weighted by Gasteiger charge is -2.07. The maximum absolute atomic E-state index is 11.1. The second-order valence-corrected chi connectivity index (χ2v) is 3.93. The Bertz CT molecular complexity index is 211. The van der Waals surface area contributed by atoms with E-state index in [0.29, 0.717) is 13.0 Å². The molecule has 0 aliphatic heterocycles. The van der Waals surface area contributed by atoms with Crippen molar-refractivity contribution in [3.63, 3.8) is 0 Å². The van der Waals surface area contributed by atoms with Crippen molar-refractivity contribution in [2.75, 3.05) is 6.61 Å². The van der Waals surface area contributed by atoms with Gasteiger partial charge in [0.15, 0.2) is 5.38 Å². The average Bonchev–Trinajstić information content (AvgIpc) is 2.11. The summed E-state index contributed by atoms with van der Waals surface area (Å²) in [6.45, 7) is 2.16. The van der Waals surface area contributed by atoms with Gasteiger partial charge < -0.3 is 4.74 Å². The first-order chi connectivity index (χ1) is 6.00. The van der Waals surface area contributed by atoms with Gasteiger partial charge in [0, 0.05) is 0 Å². The minimum absolute atomic E-state index is 0.119. The van der Waals surface area contributed by atoms with Crippen LogP contribution in [-0.2, 0) is 9.53 Å². The molecule has 0 aliphatic rings. The Morgan fingerprint density at radius 3 is 2.31 bits per heavy atom. The molecule has 0 aromatic carbocycles. The summed E-state index contributed by atoms with van der Waals surface area (Å²) in [5.41, 5.74) is 0. The van der Waals surface area contributed by atoms with Crippen LogP contribution in [0.15, 0.2) is 9.52 Å². The van der Waals surface area contributed by atoms with Crippen LogP contribution < -0.4 is 0 Å². The zero-order valence-electron chi connectivity index (χ0n) is 6.82. The lowest BCUT2D eigenvalue weighted by molar-refractivity contribution is -0.142. The molecule has 0 N–H and O–H groups in total. The maximum atomic E-state index is 11.1. The molecule has 1 atom stereocenters. The Balaban J connectivity index is 4.18. The molecule has 0 saturated carbocycles. The van der Waals surface area contributed by atoms with E-state index in [2.05, 4.69) is 0 Å². The molecule has 0 spiro atoms. The number of esters is 1. The van der Waals surface area contributed by atoms with Gasteiger partial charge in [-0.3, -0.25) is 4.79 Å². The van der Waals surface area contributed by atoms with E-state index >= 15 is 0 Å². The summed E-state index contributed by atoms with van der Waals surface area (Å²) >= 11 is 21.7. The summed E-state index contributed by atoms with van der Waals surface area (Å²) in [5, 5.41) is -1.25. The van der Waals surface area contributed by atoms with Crippen LogP contribution in [0, 0.1) is 0 Å². The fourth-order valence-corrected chi connectivity index (χ4v) is 1.07. The Hall–Kier alpha value is 0.370. The van der Waals surface area contributed by atoms with Gasteiger partial charge in [0.2, 0.25) is 0 Å². The minimum Gasteiger partial charge on any atom is -0.464 e. The van der Waals surface area contributed by atoms with E-state index in [-0.39, 0.29) is 9.52 Å². The molecule has 0 aromatic heterocycles. The number of rotatable bonds is 4. The van der Waals surface area contributed by atoms with Gasteiger partial charge in [-0.2, -0.15) is 0 Å². The molecule has 0 bridgehead atoms. The van der Waals surface area contributed by atoms with E-state index < -0.39 is 11.3 Å². The molecule has 13 heavy (non-hydrogen) atoms. The summed E-state index contributed by atoms with van der Waals surface area (Å²) in [4.78, 5) is 11.1.